The Hall–Kier alpha value is -1.03. The lowest BCUT2D eigenvalue weighted by Gasteiger charge is -2.16. The molecule has 2 aromatic rings. The third-order valence-electron chi connectivity index (χ3n) is 3.10. The van der Waals surface area contributed by atoms with Crippen LogP contribution >= 0.6 is 31.9 Å². The minimum absolute atomic E-state index is 0.0293. The molecule has 0 radical (unpaired) electrons. The first-order valence-corrected chi connectivity index (χ1v) is 9.78. The monoisotopic (exact) mass is 483 g/mol. The smallest absolute Gasteiger partial charge is 0.387 e. The van der Waals surface area contributed by atoms with Crippen LogP contribution in [0.15, 0.2) is 56.3 Å². The Labute approximate surface area is 155 Å². The van der Waals surface area contributed by atoms with E-state index in [1.165, 1.54) is 24.3 Å². The summed E-state index contributed by atoms with van der Waals surface area (Å²) in [6, 6.07) is 9.96. The minimum atomic E-state index is -3.80. The molecule has 0 aliphatic rings. The van der Waals surface area contributed by atoms with Crippen molar-refractivity contribution in [2.45, 2.75) is 24.5 Å². The highest BCUT2D eigenvalue weighted by Gasteiger charge is 2.21. The van der Waals surface area contributed by atoms with Gasteiger partial charge in [-0.1, -0.05) is 28.1 Å². The fourth-order valence-electron chi connectivity index (χ4n) is 2.02. The Morgan fingerprint density at radius 1 is 1.12 bits per heavy atom. The number of halogens is 4. The molecule has 2 aromatic carbocycles. The third-order valence-corrected chi connectivity index (χ3v) is 6.11. The van der Waals surface area contributed by atoms with Crippen LogP contribution in [0.1, 0.15) is 18.5 Å². The Kier molecular flexibility index (Phi) is 6.35. The van der Waals surface area contributed by atoms with Crippen LogP contribution in [0.4, 0.5) is 8.78 Å². The molecule has 1 unspecified atom stereocenters. The van der Waals surface area contributed by atoms with E-state index in [-0.39, 0.29) is 10.6 Å². The maximum Gasteiger partial charge on any atom is 0.387 e. The fourth-order valence-corrected chi connectivity index (χ4v) is 5.00. The maximum absolute atomic E-state index is 12.5. The van der Waals surface area contributed by atoms with Gasteiger partial charge in [-0.3, -0.25) is 0 Å². The van der Waals surface area contributed by atoms with Crippen LogP contribution in [-0.2, 0) is 10.0 Å². The average Bonchev–Trinajstić information content (AvgIpc) is 2.45. The summed E-state index contributed by atoms with van der Waals surface area (Å²) in [5, 5.41) is 0. The van der Waals surface area contributed by atoms with E-state index < -0.39 is 22.7 Å². The molecule has 4 nitrogen and oxygen atoms in total. The summed E-state index contributed by atoms with van der Waals surface area (Å²) in [4.78, 5) is 0.0811. The molecule has 0 aromatic heterocycles. The lowest BCUT2D eigenvalue weighted by molar-refractivity contribution is -0.0499. The van der Waals surface area contributed by atoms with E-state index in [1.54, 1.807) is 25.1 Å². The molecule has 0 aliphatic carbocycles. The molecule has 0 aliphatic heterocycles. The largest absolute Gasteiger partial charge is 0.435 e. The maximum atomic E-state index is 12.5. The van der Waals surface area contributed by atoms with Gasteiger partial charge in [0.2, 0.25) is 10.0 Å². The Morgan fingerprint density at radius 3 is 2.46 bits per heavy atom. The van der Waals surface area contributed by atoms with Gasteiger partial charge in [0, 0.05) is 15.0 Å². The number of hydrogen-bond acceptors (Lipinski definition) is 3. The molecule has 0 amide bonds. The molecule has 0 heterocycles. The highest BCUT2D eigenvalue weighted by Crippen LogP contribution is 2.27. The molecular formula is C15H13Br2F2NO3S. The molecule has 130 valence electrons. The summed E-state index contributed by atoms with van der Waals surface area (Å²) in [6.45, 7) is -1.32. The first-order chi connectivity index (χ1) is 11.2. The second-order valence-corrected chi connectivity index (χ2v) is 8.32. The molecule has 0 saturated carbocycles. The first kappa shape index (κ1) is 19.3. The molecular weight excluding hydrogens is 472 g/mol. The van der Waals surface area contributed by atoms with Crippen molar-refractivity contribution < 1.29 is 21.9 Å². The number of benzene rings is 2. The number of ether oxygens (including phenoxy) is 1. The number of nitrogens with one attached hydrogen (secondary N) is 1. The molecule has 24 heavy (non-hydrogen) atoms. The molecule has 0 spiro atoms. The van der Waals surface area contributed by atoms with Crippen molar-refractivity contribution in [2.75, 3.05) is 0 Å². The fraction of sp³-hybridized carbons (Fsp3) is 0.200. The van der Waals surface area contributed by atoms with Crippen LogP contribution in [0.2, 0.25) is 0 Å². The van der Waals surface area contributed by atoms with Crippen molar-refractivity contribution in [1.82, 2.24) is 4.72 Å². The van der Waals surface area contributed by atoms with Crippen molar-refractivity contribution in [2.24, 2.45) is 0 Å². The Balaban J connectivity index is 2.23. The van der Waals surface area contributed by atoms with Gasteiger partial charge >= 0.3 is 6.61 Å². The number of rotatable bonds is 6. The molecule has 0 saturated heterocycles. The molecule has 9 heteroatoms. The summed E-state index contributed by atoms with van der Waals surface area (Å²) in [7, 11) is -3.80. The number of alkyl halides is 2. The van der Waals surface area contributed by atoms with Gasteiger partial charge in [-0.25, -0.2) is 13.1 Å². The second kappa shape index (κ2) is 7.90. The van der Waals surface area contributed by atoms with Crippen LogP contribution < -0.4 is 9.46 Å². The second-order valence-electron chi connectivity index (χ2n) is 4.87. The van der Waals surface area contributed by atoms with Gasteiger partial charge in [-0.2, -0.15) is 8.78 Å². The van der Waals surface area contributed by atoms with E-state index in [0.29, 0.717) is 10.0 Å². The quantitative estimate of drug-likeness (QED) is 0.637. The SMILES string of the molecule is CC(NS(=O)(=O)c1ccc(Br)cc1Br)c1cccc(OC(F)F)c1. The lowest BCUT2D eigenvalue weighted by Crippen LogP contribution is -2.27. The van der Waals surface area contributed by atoms with Crippen molar-refractivity contribution in [3.8, 4) is 5.75 Å². The summed E-state index contributed by atoms with van der Waals surface area (Å²) in [6.07, 6.45) is 0. The van der Waals surface area contributed by atoms with Crippen molar-refractivity contribution in [3.05, 3.63) is 57.0 Å². The summed E-state index contributed by atoms with van der Waals surface area (Å²) in [5.74, 6) is -0.0293. The van der Waals surface area contributed by atoms with E-state index in [0.717, 1.165) is 4.47 Å². The summed E-state index contributed by atoms with van der Waals surface area (Å²) in [5.41, 5.74) is 0.505. The first-order valence-electron chi connectivity index (χ1n) is 6.71. The lowest BCUT2D eigenvalue weighted by atomic mass is 10.1. The van der Waals surface area contributed by atoms with Gasteiger partial charge < -0.3 is 4.74 Å². The minimum Gasteiger partial charge on any atom is -0.435 e. The molecule has 0 bridgehead atoms. The normalized spacial score (nSPS) is 13.1. The zero-order chi connectivity index (χ0) is 17.9. The zero-order valence-corrected chi connectivity index (χ0v) is 16.3. The third kappa shape index (κ3) is 4.98. The average molecular weight is 485 g/mol. The predicted octanol–water partition coefficient (Wildman–Crippen LogP) is 4.85. The van der Waals surface area contributed by atoms with Crippen LogP contribution in [0.3, 0.4) is 0 Å². The van der Waals surface area contributed by atoms with Crippen LogP contribution in [0.5, 0.6) is 5.75 Å². The van der Waals surface area contributed by atoms with E-state index in [1.807, 2.05) is 0 Å². The van der Waals surface area contributed by atoms with E-state index in [9.17, 15) is 17.2 Å². The standard InChI is InChI=1S/C15H13Br2F2NO3S/c1-9(10-3-2-4-12(7-10)23-15(18)19)20-24(21,22)14-6-5-11(16)8-13(14)17/h2-9,15,20H,1H3. The van der Waals surface area contributed by atoms with E-state index in [2.05, 4.69) is 41.3 Å². The van der Waals surface area contributed by atoms with Gasteiger partial charge in [0.1, 0.15) is 5.75 Å². The molecule has 1 atom stereocenters. The predicted molar refractivity (Wildman–Crippen MR) is 93.7 cm³/mol. The molecule has 1 N–H and O–H groups in total. The van der Waals surface area contributed by atoms with Gasteiger partial charge in [-0.15, -0.1) is 0 Å². The summed E-state index contributed by atoms with van der Waals surface area (Å²) >= 11 is 6.47. The van der Waals surface area contributed by atoms with Crippen molar-refractivity contribution in [1.29, 1.82) is 0 Å². The number of hydrogen-bond donors (Lipinski definition) is 1. The van der Waals surface area contributed by atoms with Gasteiger partial charge in [0.15, 0.2) is 0 Å². The van der Waals surface area contributed by atoms with Crippen molar-refractivity contribution in [3.63, 3.8) is 0 Å². The highest BCUT2D eigenvalue weighted by atomic mass is 79.9. The summed E-state index contributed by atoms with van der Waals surface area (Å²) < 4.78 is 57.6. The zero-order valence-electron chi connectivity index (χ0n) is 12.3. The molecule has 2 rings (SSSR count). The van der Waals surface area contributed by atoms with Gasteiger partial charge in [0.05, 0.1) is 4.90 Å². The number of sulfonamides is 1. The highest BCUT2D eigenvalue weighted by molar-refractivity contribution is 9.11. The Bertz CT molecular complexity index is 831. The van der Waals surface area contributed by atoms with Crippen LogP contribution in [0, 0.1) is 0 Å². The van der Waals surface area contributed by atoms with Crippen LogP contribution in [0.25, 0.3) is 0 Å². The molecule has 0 fully saturated rings. The Morgan fingerprint density at radius 2 is 1.83 bits per heavy atom. The topological polar surface area (TPSA) is 55.4 Å². The van der Waals surface area contributed by atoms with Gasteiger partial charge in [-0.05, 0) is 58.7 Å². The van der Waals surface area contributed by atoms with Crippen molar-refractivity contribution >= 4 is 41.9 Å². The van der Waals surface area contributed by atoms with E-state index >= 15 is 0 Å². The van der Waals surface area contributed by atoms with Gasteiger partial charge in [0.25, 0.3) is 0 Å². The van der Waals surface area contributed by atoms with E-state index in [4.69, 9.17) is 0 Å². The van der Waals surface area contributed by atoms with Crippen LogP contribution in [-0.4, -0.2) is 15.0 Å².